The van der Waals surface area contributed by atoms with Gasteiger partial charge in [-0.15, -0.1) is 0 Å². The van der Waals surface area contributed by atoms with E-state index in [-0.39, 0.29) is 30.0 Å². The van der Waals surface area contributed by atoms with Gasteiger partial charge in [-0.2, -0.15) is 0 Å². The fourth-order valence-corrected chi connectivity index (χ4v) is 3.05. The molecule has 2 aliphatic carbocycles. The maximum Gasteiger partial charge on any atom is 0.223 e. The van der Waals surface area contributed by atoms with E-state index in [0.29, 0.717) is 6.61 Å². The van der Waals surface area contributed by atoms with E-state index in [2.05, 4.69) is 5.32 Å². The van der Waals surface area contributed by atoms with Crippen molar-refractivity contribution in [2.45, 2.75) is 70.1 Å². The van der Waals surface area contributed by atoms with Crippen LogP contribution in [0, 0.1) is 5.92 Å². The van der Waals surface area contributed by atoms with Gasteiger partial charge >= 0.3 is 0 Å². The van der Waals surface area contributed by atoms with Crippen LogP contribution in [0.25, 0.3) is 0 Å². The summed E-state index contributed by atoms with van der Waals surface area (Å²) in [6, 6.07) is 0.0944. The van der Waals surface area contributed by atoms with Crippen molar-refractivity contribution in [1.29, 1.82) is 0 Å². The van der Waals surface area contributed by atoms with Gasteiger partial charge in [0.05, 0.1) is 12.1 Å². The lowest BCUT2D eigenvalue weighted by Crippen LogP contribution is -2.65. The maximum atomic E-state index is 12.2. The number of rotatable bonds is 4. The normalized spacial score (nSPS) is 33.6. The summed E-state index contributed by atoms with van der Waals surface area (Å²) in [7, 11) is 0. The van der Waals surface area contributed by atoms with E-state index >= 15 is 0 Å². The average molecular weight is 254 g/mol. The van der Waals surface area contributed by atoms with Gasteiger partial charge in [0, 0.05) is 18.6 Å². The van der Waals surface area contributed by atoms with E-state index in [1.54, 1.807) is 0 Å². The molecular formula is C14H26N2O2. The van der Waals surface area contributed by atoms with Crippen LogP contribution in [0.5, 0.6) is 0 Å². The predicted molar refractivity (Wildman–Crippen MR) is 71.1 cm³/mol. The smallest absolute Gasteiger partial charge is 0.223 e. The van der Waals surface area contributed by atoms with Crippen LogP contribution in [0.4, 0.5) is 0 Å². The van der Waals surface area contributed by atoms with Crippen molar-refractivity contribution in [2.24, 2.45) is 11.7 Å². The number of ether oxygens (including phenoxy) is 1. The van der Waals surface area contributed by atoms with Crippen LogP contribution < -0.4 is 11.1 Å². The number of nitrogens with two attached hydrogens (primary N) is 1. The molecule has 0 bridgehead atoms. The Labute approximate surface area is 110 Å². The van der Waals surface area contributed by atoms with Crippen LogP contribution in [0.15, 0.2) is 0 Å². The molecular weight excluding hydrogens is 228 g/mol. The Bertz CT molecular complexity index is 273. The van der Waals surface area contributed by atoms with Gasteiger partial charge in [-0.05, 0) is 26.2 Å². The van der Waals surface area contributed by atoms with Crippen molar-refractivity contribution in [3.63, 3.8) is 0 Å². The van der Waals surface area contributed by atoms with E-state index in [4.69, 9.17) is 10.5 Å². The van der Waals surface area contributed by atoms with Crippen LogP contribution >= 0.6 is 0 Å². The lowest BCUT2D eigenvalue weighted by atomic mass is 9.83. The van der Waals surface area contributed by atoms with Gasteiger partial charge in [-0.3, -0.25) is 4.79 Å². The summed E-state index contributed by atoms with van der Waals surface area (Å²) in [5.74, 6) is 0.393. The second-order valence-corrected chi connectivity index (χ2v) is 5.62. The molecule has 2 rings (SSSR count). The van der Waals surface area contributed by atoms with Gasteiger partial charge in [0.1, 0.15) is 0 Å². The Balaban J connectivity index is 1.82. The fourth-order valence-electron chi connectivity index (χ4n) is 3.05. The molecule has 4 nitrogen and oxygen atoms in total. The molecule has 2 fully saturated rings. The van der Waals surface area contributed by atoms with Crippen LogP contribution in [0.2, 0.25) is 0 Å². The first kappa shape index (κ1) is 13.8. The molecule has 0 spiro atoms. The molecule has 0 saturated heterocycles. The third-order valence-electron chi connectivity index (χ3n) is 4.28. The van der Waals surface area contributed by atoms with Gasteiger partial charge in [-0.1, -0.05) is 25.7 Å². The molecule has 104 valence electrons. The van der Waals surface area contributed by atoms with Crippen molar-refractivity contribution in [3.8, 4) is 0 Å². The number of hydrogen-bond acceptors (Lipinski definition) is 3. The second kappa shape index (κ2) is 6.53. The van der Waals surface area contributed by atoms with Gasteiger partial charge in [-0.25, -0.2) is 0 Å². The Kier molecular flexibility index (Phi) is 5.01. The molecule has 4 heteroatoms. The van der Waals surface area contributed by atoms with E-state index in [1.165, 1.54) is 25.7 Å². The largest absolute Gasteiger partial charge is 0.376 e. The summed E-state index contributed by atoms with van der Waals surface area (Å²) in [6.45, 7) is 2.67. The Morgan fingerprint density at radius 2 is 1.94 bits per heavy atom. The number of nitrogens with one attached hydrogen (secondary N) is 1. The summed E-state index contributed by atoms with van der Waals surface area (Å²) in [5, 5.41) is 3.11. The van der Waals surface area contributed by atoms with Crippen molar-refractivity contribution in [1.82, 2.24) is 5.32 Å². The lowest BCUT2D eigenvalue weighted by Gasteiger charge is -2.42. The minimum Gasteiger partial charge on any atom is -0.376 e. The van der Waals surface area contributed by atoms with Crippen LogP contribution in [-0.4, -0.2) is 30.7 Å². The van der Waals surface area contributed by atoms with Crippen LogP contribution in [0.1, 0.15) is 51.9 Å². The van der Waals surface area contributed by atoms with Crippen molar-refractivity contribution in [2.75, 3.05) is 6.61 Å². The van der Waals surface area contributed by atoms with Gasteiger partial charge in [0.2, 0.25) is 5.91 Å². The minimum absolute atomic E-state index is 0.0284. The zero-order valence-electron chi connectivity index (χ0n) is 11.4. The zero-order valence-corrected chi connectivity index (χ0v) is 11.4. The van der Waals surface area contributed by atoms with Gasteiger partial charge < -0.3 is 15.8 Å². The molecule has 0 aromatic heterocycles. The van der Waals surface area contributed by atoms with E-state index in [1.807, 2.05) is 6.92 Å². The zero-order chi connectivity index (χ0) is 13.0. The predicted octanol–water partition coefficient (Wildman–Crippen LogP) is 1.58. The molecule has 2 aliphatic rings. The SMILES string of the molecule is CCOC1CC(N)C1NC(=O)C1CCCCCC1. The Morgan fingerprint density at radius 3 is 2.50 bits per heavy atom. The van der Waals surface area contributed by atoms with Crippen molar-refractivity contribution < 1.29 is 9.53 Å². The summed E-state index contributed by atoms with van der Waals surface area (Å²) in [5.41, 5.74) is 5.96. The highest BCUT2D eigenvalue weighted by Gasteiger charge is 2.41. The molecule has 0 heterocycles. The van der Waals surface area contributed by atoms with Gasteiger partial charge in [0.15, 0.2) is 0 Å². The standard InChI is InChI=1S/C14H26N2O2/c1-2-18-12-9-11(15)13(12)16-14(17)10-7-5-3-4-6-8-10/h10-13H,2-9,15H2,1H3,(H,16,17). The molecule has 0 aromatic carbocycles. The molecule has 0 aliphatic heterocycles. The number of carbonyl (C=O) groups is 1. The van der Waals surface area contributed by atoms with Crippen molar-refractivity contribution in [3.05, 3.63) is 0 Å². The first-order chi connectivity index (χ1) is 8.72. The highest BCUT2D eigenvalue weighted by atomic mass is 16.5. The summed E-state index contributed by atoms with van der Waals surface area (Å²) in [6.07, 6.45) is 7.97. The highest BCUT2D eigenvalue weighted by molar-refractivity contribution is 5.79. The monoisotopic (exact) mass is 254 g/mol. The fraction of sp³-hybridized carbons (Fsp3) is 0.929. The molecule has 2 saturated carbocycles. The topological polar surface area (TPSA) is 64.3 Å². The van der Waals surface area contributed by atoms with Crippen LogP contribution in [0.3, 0.4) is 0 Å². The molecule has 0 aromatic rings. The van der Waals surface area contributed by atoms with Crippen LogP contribution in [-0.2, 0) is 9.53 Å². The molecule has 3 unspecified atom stereocenters. The first-order valence-electron chi connectivity index (χ1n) is 7.40. The highest BCUT2D eigenvalue weighted by Crippen LogP contribution is 2.26. The third kappa shape index (κ3) is 3.23. The summed E-state index contributed by atoms with van der Waals surface area (Å²) in [4.78, 5) is 12.2. The lowest BCUT2D eigenvalue weighted by molar-refractivity contribution is -0.130. The second-order valence-electron chi connectivity index (χ2n) is 5.62. The minimum atomic E-state index is 0.0284. The number of amides is 1. The maximum absolute atomic E-state index is 12.2. The summed E-state index contributed by atoms with van der Waals surface area (Å²) < 4.78 is 5.58. The van der Waals surface area contributed by atoms with Gasteiger partial charge in [0.25, 0.3) is 0 Å². The number of hydrogen-bond donors (Lipinski definition) is 2. The molecule has 1 amide bonds. The molecule has 18 heavy (non-hydrogen) atoms. The third-order valence-corrected chi connectivity index (χ3v) is 4.28. The van der Waals surface area contributed by atoms with Crippen molar-refractivity contribution >= 4 is 5.91 Å². The Morgan fingerprint density at radius 1 is 1.28 bits per heavy atom. The average Bonchev–Trinajstić information content (AvgIpc) is 2.64. The molecule has 0 radical (unpaired) electrons. The summed E-state index contributed by atoms with van der Waals surface area (Å²) >= 11 is 0. The van der Waals surface area contributed by atoms with E-state index in [9.17, 15) is 4.79 Å². The molecule has 3 N–H and O–H groups in total. The first-order valence-corrected chi connectivity index (χ1v) is 7.40. The number of carbonyl (C=O) groups excluding carboxylic acids is 1. The Hall–Kier alpha value is -0.610. The molecule has 3 atom stereocenters. The quantitative estimate of drug-likeness (QED) is 0.749. The van der Waals surface area contributed by atoms with E-state index < -0.39 is 0 Å². The van der Waals surface area contributed by atoms with E-state index in [0.717, 1.165) is 19.3 Å².